The molecule has 5 heteroatoms. The second-order valence-electron chi connectivity index (χ2n) is 8.79. The minimum atomic E-state index is -0.186. The standard InChI is InChI=1S/C23H33ClFN3/c24-23-7-6-20(25)15-19(23)14-18-8-11-27(12-9-18)16-21-10-13-28(17-26-21)22-4-2-1-3-5-22/h6-7,10,15,18,22,26H,1-5,8-9,11-14,16-17H2. The number of nitrogens with zero attached hydrogens (tertiary/aromatic N) is 2. The molecule has 0 radical (unpaired) electrons. The maximum atomic E-state index is 13.5. The lowest BCUT2D eigenvalue weighted by Gasteiger charge is -2.38. The van der Waals surface area contributed by atoms with Crippen molar-refractivity contribution in [3.05, 3.63) is 46.4 Å². The molecule has 2 aliphatic heterocycles. The summed E-state index contributed by atoms with van der Waals surface area (Å²) in [4.78, 5) is 5.16. The first kappa shape index (κ1) is 20.2. The summed E-state index contributed by atoms with van der Waals surface area (Å²) in [5, 5.41) is 4.36. The van der Waals surface area contributed by atoms with E-state index in [1.165, 1.54) is 43.9 Å². The maximum absolute atomic E-state index is 13.5. The number of likely N-dealkylation sites (tertiary alicyclic amines) is 1. The molecular weight excluding hydrogens is 373 g/mol. The van der Waals surface area contributed by atoms with Crippen molar-refractivity contribution < 1.29 is 4.39 Å². The molecule has 1 aliphatic carbocycles. The molecule has 4 rings (SSSR count). The third kappa shape index (κ3) is 5.28. The van der Waals surface area contributed by atoms with Gasteiger partial charge in [-0.2, -0.15) is 0 Å². The van der Waals surface area contributed by atoms with Crippen molar-refractivity contribution >= 4 is 11.6 Å². The molecule has 1 aromatic rings. The van der Waals surface area contributed by atoms with Crippen LogP contribution in [0.3, 0.4) is 0 Å². The van der Waals surface area contributed by atoms with E-state index < -0.39 is 0 Å². The van der Waals surface area contributed by atoms with Gasteiger partial charge in [0.05, 0.1) is 6.67 Å². The smallest absolute Gasteiger partial charge is 0.123 e. The van der Waals surface area contributed by atoms with Crippen LogP contribution in [0.4, 0.5) is 4.39 Å². The largest absolute Gasteiger partial charge is 0.375 e. The van der Waals surface area contributed by atoms with Gasteiger partial charge in [-0.3, -0.25) is 9.80 Å². The average molecular weight is 406 g/mol. The highest BCUT2D eigenvalue weighted by molar-refractivity contribution is 6.31. The number of rotatable bonds is 5. The Labute approximate surface area is 173 Å². The van der Waals surface area contributed by atoms with Crippen LogP contribution in [-0.4, -0.2) is 48.7 Å². The third-order valence-electron chi connectivity index (χ3n) is 6.79. The molecule has 2 fully saturated rings. The maximum Gasteiger partial charge on any atom is 0.123 e. The van der Waals surface area contributed by atoms with Crippen LogP contribution >= 0.6 is 11.6 Å². The first-order valence-corrected chi connectivity index (χ1v) is 11.4. The molecule has 0 atom stereocenters. The van der Waals surface area contributed by atoms with Crippen molar-refractivity contribution in [1.82, 2.24) is 15.1 Å². The molecule has 0 amide bonds. The SMILES string of the molecule is Fc1ccc(Cl)c(CC2CCN(CC3=CCN(C4CCCCC4)CN3)CC2)c1. The lowest BCUT2D eigenvalue weighted by atomic mass is 9.90. The third-order valence-corrected chi connectivity index (χ3v) is 7.16. The molecule has 0 bridgehead atoms. The molecule has 28 heavy (non-hydrogen) atoms. The van der Waals surface area contributed by atoms with Gasteiger partial charge < -0.3 is 5.32 Å². The van der Waals surface area contributed by atoms with Gasteiger partial charge in [-0.25, -0.2) is 4.39 Å². The number of piperidine rings is 1. The molecule has 154 valence electrons. The molecular formula is C23H33ClFN3. The van der Waals surface area contributed by atoms with Crippen molar-refractivity contribution in [3.63, 3.8) is 0 Å². The summed E-state index contributed by atoms with van der Waals surface area (Å²) in [6, 6.07) is 5.50. The van der Waals surface area contributed by atoms with E-state index >= 15 is 0 Å². The fraction of sp³-hybridized carbons (Fsp3) is 0.652. The summed E-state index contributed by atoms with van der Waals surface area (Å²) in [7, 11) is 0. The van der Waals surface area contributed by atoms with Gasteiger partial charge in [-0.15, -0.1) is 0 Å². The van der Waals surface area contributed by atoms with Crippen LogP contribution in [0.2, 0.25) is 5.02 Å². The predicted molar refractivity (Wildman–Crippen MR) is 114 cm³/mol. The Balaban J connectivity index is 1.21. The highest BCUT2D eigenvalue weighted by atomic mass is 35.5. The number of halogens is 2. The van der Waals surface area contributed by atoms with Gasteiger partial charge in [0, 0.05) is 29.9 Å². The van der Waals surface area contributed by atoms with Crippen molar-refractivity contribution in [2.24, 2.45) is 5.92 Å². The normalized spacial score (nSPS) is 23.4. The van der Waals surface area contributed by atoms with E-state index in [0.29, 0.717) is 10.9 Å². The summed E-state index contributed by atoms with van der Waals surface area (Å²) < 4.78 is 13.5. The number of benzene rings is 1. The van der Waals surface area contributed by atoms with Crippen molar-refractivity contribution in [1.29, 1.82) is 0 Å². The van der Waals surface area contributed by atoms with E-state index in [1.807, 2.05) is 0 Å². The van der Waals surface area contributed by atoms with Crippen LogP contribution in [0.5, 0.6) is 0 Å². The van der Waals surface area contributed by atoms with Crippen LogP contribution in [0.1, 0.15) is 50.5 Å². The second kappa shape index (κ2) is 9.60. The van der Waals surface area contributed by atoms with E-state index in [2.05, 4.69) is 21.2 Å². The Morgan fingerprint density at radius 1 is 1.07 bits per heavy atom. The number of hydrogen-bond acceptors (Lipinski definition) is 3. The summed E-state index contributed by atoms with van der Waals surface area (Å²) in [6.45, 7) is 5.37. The van der Waals surface area contributed by atoms with Crippen LogP contribution in [-0.2, 0) is 6.42 Å². The Morgan fingerprint density at radius 3 is 2.57 bits per heavy atom. The zero-order chi connectivity index (χ0) is 19.3. The topological polar surface area (TPSA) is 18.5 Å². The molecule has 1 aromatic carbocycles. The summed E-state index contributed by atoms with van der Waals surface area (Å²) in [5.41, 5.74) is 2.35. The van der Waals surface area contributed by atoms with E-state index in [-0.39, 0.29) is 5.82 Å². The van der Waals surface area contributed by atoms with Gasteiger partial charge in [0.25, 0.3) is 0 Å². The van der Waals surface area contributed by atoms with Crippen molar-refractivity contribution in [2.45, 2.75) is 57.4 Å². The quantitative estimate of drug-likeness (QED) is 0.758. The lowest BCUT2D eigenvalue weighted by molar-refractivity contribution is 0.148. The first-order valence-electron chi connectivity index (χ1n) is 11.0. The number of nitrogens with one attached hydrogen (secondary N) is 1. The molecule has 1 N–H and O–H groups in total. The molecule has 1 saturated heterocycles. The lowest BCUT2D eigenvalue weighted by Crippen LogP contribution is -2.47. The Hall–Kier alpha value is -1.10. The molecule has 0 aromatic heterocycles. The van der Waals surface area contributed by atoms with E-state index in [1.54, 1.807) is 12.1 Å². The van der Waals surface area contributed by atoms with Crippen LogP contribution in [0.15, 0.2) is 30.0 Å². The molecule has 0 unspecified atom stereocenters. The zero-order valence-electron chi connectivity index (χ0n) is 16.8. The summed E-state index contributed by atoms with van der Waals surface area (Å²) >= 11 is 6.24. The summed E-state index contributed by atoms with van der Waals surface area (Å²) in [6.07, 6.45) is 12.6. The minimum Gasteiger partial charge on any atom is -0.375 e. The zero-order valence-corrected chi connectivity index (χ0v) is 17.6. The molecule has 2 heterocycles. The molecule has 3 aliphatic rings. The van der Waals surface area contributed by atoms with Gasteiger partial charge >= 0.3 is 0 Å². The first-order chi connectivity index (χ1) is 13.7. The van der Waals surface area contributed by atoms with E-state index in [0.717, 1.165) is 63.7 Å². The Bertz CT molecular complexity index is 678. The van der Waals surface area contributed by atoms with Gasteiger partial charge in [0.2, 0.25) is 0 Å². The second-order valence-corrected chi connectivity index (χ2v) is 9.19. The van der Waals surface area contributed by atoms with Crippen LogP contribution in [0, 0.1) is 11.7 Å². The van der Waals surface area contributed by atoms with Crippen molar-refractivity contribution in [2.75, 3.05) is 32.8 Å². The van der Waals surface area contributed by atoms with Crippen LogP contribution in [0.25, 0.3) is 0 Å². The van der Waals surface area contributed by atoms with Gasteiger partial charge in [0.15, 0.2) is 0 Å². The Kier molecular flexibility index (Phi) is 6.92. The fourth-order valence-corrected chi connectivity index (χ4v) is 5.21. The monoisotopic (exact) mass is 405 g/mol. The van der Waals surface area contributed by atoms with Crippen LogP contribution < -0.4 is 5.32 Å². The minimum absolute atomic E-state index is 0.186. The molecule has 3 nitrogen and oxygen atoms in total. The van der Waals surface area contributed by atoms with E-state index in [9.17, 15) is 4.39 Å². The van der Waals surface area contributed by atoms with Gasteiger partial charge in [-0.05, 0) is 74.9 Å². The highest BCUT2D eigenvalue weighted by Crippen LogP contribution is 2.27. The van der Waals surface area contributed by atoms with Crippen molar-refractivity contribution in [3.8, 4) is 0 Å². The van der Waals surface area contributed by atoms with E-state index in [4.69, 9.17) is 11.6 Å². The highest BCUT2D eigenvalue weighted by Gasteiger charge is 2.24. The predicted octanol–water partition coefficient (Wildman–Crippen LogP) is 4.81. The Morgan fingerprint density at radius 2 is 1.86 bits per heavy atom. The molecule has 0 spiro atoms. The summed E-state index contributed by atoms with van der Waals surface area (Å²) in [5.74, 6) is 0.417. The van der Waals surface area contributed by atoms with Gasteiger partial charge in [-0.1, -0.05) is 36.9 Å². The average Bonchev–Trinajstić information content (AvgIpc) is 2.73. The fourth-order valence-electron chi connectivity index (χ4n) is 5.01. The van der Waals surface area contributed by atoms with Gasteiger partial charge in [0.1, 0.15) is 5.82 Å². The number of hydrogen-bond donors (Lipinski definition) is 1. The molecule has 1 saturated carbocycles.